The van der Waals surface area contributed by atoms with Gasteiger partial charge < -0.3 is 29.6 Å². The average Bonchev–Trinajstić information content (AvgIpc) is 3.07. The molecule has 0 bridgehead atoms. The van der Waals surface area contributed by atoms with E-state index in [0.717, 1.165) is 32.2 Å². The molecule has 1 saturated heterocycles. The highest BCUT2D eigenvalue weighted by atomic mass is 31.3. The van der Waals surface area contributed by atoms with Crippen molar-refractivity contribution >= 4 is 26.4 Å². The summed E-state index contributed by atoms with van der Waals surface area (Å²) in [5.41, 5.74) is -1.12. The van der Waals surface area contributed by atoms with Crippen LogP contribution in [0.1, 0.15) is 11.9 Å². The lowest BCUT2D eigenvalue weighted by Gasteiger charge is -2.19. The summed E-state index contributed by atoms with van der Waals surface area (Å²) in [5.74, 6) is 0. The maximum Gasteiger partial charge on any atom is 0.481 e. The molecule has 5 atom stereocenters. The van der Waals surface area contributed by atoms with Gasteiger partial charge in [0, 0.05) is 23.8 Å². The molecule has 4 rings (SSSR count). The fraction of sp³-hybridized carbons (Fsp3) is 0.316. The van der Waals surface area contributed by atoms with Crippen molar-refractivity contribution in [2.24, 2.45) is 0 Å². The first-order valence-corrected chi connectivity index (χ1v) is 13.3. The van der Waals surface area contributed by atoms with Crippen LogP contribution in [0.5, 0.6) is 0 Å². The van der Waals surface area contributed by atoms with Gasteiger partial charge in [0.25, 0.3) is 5.56 Å². The number of phosphoric acid groups is 2. The van der Waals surface area contributed by atoms with E-state index in [-0.39, 0.29) is 6.54 Å². The first-order chi connectivity index (χ1) is 16.9. The maximum absolute atomic E-state index is 13.2. The summed E-state index contributed by atoms with van der Waals surface area (Å²) in [6.07, 6.45) is -3.93. The molecule has 1 aliphatic heterocycles. The fourth-order valence-electron chi connectivity index (χ4n) is 3.75. The van der Waals surface area contributed by atoms with Crippen LogP contribution in [-0.2, 0) is 29.2 Å². The van der Waals surface area contributed by atoms with E-state index in [9.17, 15) is 33.8 Å². The number of nitrogens with zero attached hydrogens (tertiary/aromatic N) is 3. The molecule has 0 aliphatic carbocycles. The molecule has 3 aromatic rings. The third-order valence-electron chi connectivity index (χ3n) is 5.38. The number of benzene rings is 1. The molecular formula is C19H21N3O12P2. The van der Waals surface area contributed by atoms with Crippen LogP contribution in [0.3, 0.4) is 0 Å². The van der Waals surface area contributed by atoms with Crippen LogP contribution < -0.4 is 11.2 Å². The Morgan fingerprint density at radius 1 is 1.03 bits per heavy atom. The Kier molecular flexibility index (Phi) is 7.42. The zero-order valence-corrected chi connectivity index (χ0v) is 20.0. The zero-order chi connectivity index (χ0) is 26.3. The molecule has 5 N–H and O–H groups in total. The molecule has 2 unspecified atom stereocenters. The molecule has 0 radical (unpaired) electrons. The topological polar surface area (TPSA) is 220 Å². The molecule has 1 fully saturated rings. The number of aromatic nitrogens is 3. The van der Waals surface area contributed by atoms with Crippen molar-refractivity contribution in [1.29, 1.82) is 0 Å². The lowest BCUT2D eigenvalue weighted by atomic mass is 10.1. The number of aliphatic hydroxyl groups excluding tert-OH is 2. The van der Waals surface area contributed by atoms with Gasteiger partial charge in [-0.25, -0.2) is 13.9 Å². The first-order valence-electron chi connectivity index (χ1n) is 10.3. The lowest BCUT2D eigenvalue weighted by Crippen LogP contribution is -2.43. The van der Waals surface area contributed by atoms with Gasteiger partial charge in [-0.05, 0) is 11.5 Å². The van der Waals surface area contributed by atoms with Gasteiger partial charge in [-0.1, -0.05) is 24.3 Å². The Morgan fingerprint density at radius 2 is 1.75 bits per heavy atom. The summed E-state index contributed by atoms with van der Waals surface area (Å²) in [6, 6.07) is 10.1. The van der Waals surface area contributed by atoms with E-state index in [1.807, 2.05) is 12.1 Å². The SMILES string of the molecule is O=c1ccn([C@@H]2O[C@H](COP(=O)(O)OP(=O)(O)O)C(O)[C@@H]2O)c(=O)n1Cc1nccc2ccccc12. The summed E-state index contributed by atoms with van der Waals surface area (Å²) < 4.78 is 37.6. The van der Waals surface area contributed by atoms with Crippen molar-refractivity contribution in [3.05, 3.63) is 75.3 Å². The third kappa shape index (κ3) is 5.71. The van der Waals surface area contributed by atoms with Gasteiger partial charge in [-0.15, -0.1) is 0 Å². The highest BCUT2D eigenvalue weighted by Crippen LogP contribution is 2.57. The summed E-state index contributed by atoms with van der Waals surface area (Å²) in [5, 5.41) is 22.3. The Bertz CT molecular complexity index is 1480. The van der Waals surface area contributed by atoms with Crippen molar-refractivity contribution in [3.63, 3.8) is 0 Å². The largest absolute Gasteiger partial charge is 0.481 e. The third-order valence-corrected chi connectivity index (χ3v) is 7.53. The van der Waals surface area contributed by atoms with Gasteiger partial charge in [0.2, 0.25) is 0 Å². The first kappa shape index (κ1) is 26.5. The van der Waals surface area contributed by atoms with Gasteiger partial charge >= 0.3 is 21.3 Å². The van der Waals surface area contributed by atoms with Crippen LogP contribution in [0.4, 0.5) is 0 Å². The Balaban J connectivity index is 1.58. The van der Waals surface area contributed by atoms with Crippen molar-refractivity contribution in [3.8, 4) is 0 Å². The number of rotatable bonds is 8. The second-order valence-electron chi connectivity index (χ2n) is 7.79. The lowest BCUT2D eigenvalue weighted by molar-refractivity contribution is -0.0547. The van der Waals surface area contributed by atoms with Gasteiger partial charge in [0.05, 0.1) is 18.8 Å². The Morgan fingerprint density at radius 3 is 2.47 bits per heavy atom. The molecule has 0 saturated carbocycles. The van der Waals surface area contributed by atoms with Gasteiger partial charge in [-0.3, -0.25) is 23.4 Å². The van der Waals surface area contributed by atoms with Gasteiger partial charge in [0.1, 0.15) is 18.3 Å². The monoisotopic (exact) mass is 545 g/mol. The second kappa shape index (κ2) is 10.1. The van der Waals surface area contributed by atoms with Gasteiger partial charge in [-0.2, -0.15) is 4.31 Å². The zero-order valence-electron chi connectivity index (χ0n) is 18.2. The van der Waals surface area contributed by atoms with Crippen LogP contribution in [-0.4, -0.2) is 63.9 Å². The smallest absolute Gasteiger partial charge is 0.387 e. The van der Waals surface area contributed by atoms with Crippen molar-refractivity contribution in [2.45, 2.75) is 31.1 Å². The van der Waals surface area contributed by atoms with Crippen molar-refractivity contribution < 1.29 is 47.6 Å². The van der Waals surface area contributed by atoms with Crippen LogP contribution in [0, 0.1) is 0 Å². The molecule has 194 valence electrons. The molecule has 0 spiro atoms. The number of ether oxygens (including phenoxy) is 1. The molecule has 2 aromatic heterocycles. The van der Waals surface area contributed by atoms with E-state index in [1.165, 1.54) is 6.20 Å². The summed E-state index contributed by atoms with van der Waals surface area (Å²) in [6.45, 7) is -1.14. The molecule has 3 heterocycles. The number of phosphoric ester groups is 1. The van der Waals surface area contributed by atoms with Crippen molar-refractivity contribution in [1.82, 2.24) is 14.1 Å². The highest BCUT2D eigenvalue weighted by molar-refractivity contribution is 7.60. The normalized spacial score (nSPS) is 24.1. The van der Waals surface area contributed by atoms with Crippen LogP contribution >= 0.6 is 15.6 Å². The predicted molar refractivity (Wildman–Crippen MR) is 121 cm³/mol. The standard InChI is InChI=1S/C19H21N3O12P2/c23-15-6-8-21(19(26)22(15)9-13-12-4-2-1-3-11(12)5-7-20-13)18-17(25)16(24)14(33-18)10-32-36(30,31)34-35(27,28)29/h1-8,14,16-18,24-25H,9-10H2,(H,30,31)(H2,27,28,29)/t14-,16?,17+,18-/m1/s1. The van der Waals surface area contributed by atoms with E-state index in [4.69, 9.17) is 14.5 Å². The van der Waals surface area contributed by atoms with Crippen LogP contribution in [0.2, 0.25) is 0 Å². The summed E-state index contributed by atoms with van der Waals surface area (Å²) in [4.78, 5) is 56.6. The van der Waals surface area contributed by atoms with Crippen LogP contribution in [0.15, 0.2) is 58.4 Å². The molecule has 17 heteroatoms. The number of aliphatic hydroxyl groups is 2. The van der Waals surface area contributed by atoms with E-state index in [1.54, 1.807) is 18.2 Å². The fourth-order valence-corrected chi connectivity index (χ4v) is 5.35. The molecule has 1 aromatic carbocycles. The minimum atomic E-state index is -5.37. The maximum atomic E-state index is 13.2. The minimum Gasteiger partial charge on any atom is -0.387 e. The molecule has 0 amide bonds. The number of hydrogen-bond donors (Lipinski definition) is 5. The van der Waals surface area contributed by atoms with E-state index in [0.29, 0.717) is 5.69 Å². The number of pyridine rings is 1. The van der Waals surface area contributed by atoms with Crippen molar-refractivity contribution in [2.75, 3.05) is 6.61 Å². The van der Waals surface area contributed by atoms with E-state index >= 15 is 0 Å². The van der Waals surface area contributed by atoms with Crippen LogP contribution in [0.25, 0.3) is 10.8 Å². The van der Waals surface area contributed by atoms with E-state index < -0.39 is 58.0 Å². The highest BCUT2D eigenvalue weighted by Gasteiger charge is 2.46. The molecule has 15 nitrogen and oxygen atoms in total. The number of fused-ring (bicyclic) bond motifs is 1. The molecule has 1 aliphatic rings. The molecule has 36 heavy (non-hydrogen) atoms. The quantitative estimate of drug-likeness (QED) is 0.225. The predicted octanol–water partition coefficient (Wildman–Crippen LogP) is -0.548. The Hall–Kier alpha value is -2.55. The van der Waals surface area contributed by atoms with E-state index in [2.05, 4.69) is 13.8 Å². The van der Waals surface area contributed by atoms with Gasteiger partial charge in [0.15, 0.2) is 6.23 Å². The summed E-state index contributed by atoms with van der Waals surface area (Å²) >= 11 is 0. The summed E-state index contributed by atoms with van der Waals surface area (Å²) in [7, 11) is -10.6. The number of hydrogen-bond acceptors (Lipinski definition) is 10. The molecular weight excluding hydrogens is 524 g/mol. The average molecular weight is 545 g/mol. The second-order valence-corrected chi connectivity index (χ2v) is 10.6. The minimum absolute atomic E-state index is 0.203. The Labute approximate surface area is 201 Å².